The van der Waals surface area contributed by atoms with Crippen LogP contribution in [0.1, 0.15) is 80.8 Å². The molecule has 3 aliphatic rings. The van der Waals surface area contributed by atoms with Gasteiger partial charge in [-0.05, 0) is 70.1 Å². The molecule has 0 bridgehead atoms. The molecule has 2 saturated carbocycles. The lowest BCUT2D eigenvalue weighted by Crippen LogP contribution is -2.44. The van der Waals surface area contributed by atoms with Gasteiger partial charge in [0.15, 0.2) is 0 Å². The van der Waals surface area contributed by atoms with Gasteiger partial charge in [-0.1, -0.05) is 19.3 Å². The molecule has 2 aliphatic carbocycles. The molecular weight excluding hydrogens is 334 g/mol. The third kappa shape index (κ3) is 4.48. The quantitative estimate of drug-likeness (QED) is 0.783. The highest BCUT2D eigenvalue weighted by atomic mass is 16.1. The van der Waals surface area contributed by atoms with Crippen LogP contribution < -0.4 is 5.32 Å². The fraction of sp³-hybridized carbons (Fsp3) is 0.696. The molecule has 27 heavy (non-hydrogen) atoms. The number of aromatic nitrogens is 1. The van der Waals surface area contributed by atoms with Crippen molar-refractivity contribution in [1.29, 1.82) is 0 Å². The van der Waals surface area contributed by atoms with E-state index in [9.17, 15) is 4.79 Å². The molecule has 0 unspecified atom stereocenters. The van der Waals surface area contributed by atoms with Gasteiger partial charge in [-0.15, -0.1) is 0 Å². The first kappa shape index (κ1) is 18.8. The summed E-state index contributed by atoms with van der Waals surface area (Å²) in [5, 5.41) is 3.21. The van der Waals surface area contributed by atoms with Crippen LogP contribution in [0.15, 0.2) is 12.1 Å². The predicted molar refractivity (Wildman–Crippen MR) is 111 cm³/mol. The molecular formula is C23H35N3O. The zero-order valence-corrected chi connectivity index (χ0v) is 17.0. The van der Waals surface area contributed by atoms with Crippen molar-refractivity contribution < 1.29 is 4.79 Å². The zero-order chi connectivity index (χ0) is 18.8. The molecule has 0 aromatic carbocycles. The lowest BCUT2D eigenvalue weighted by molar-refractivity contribution is -0.117. The molecule has 0 radical (unpaired) electrons. The summed E-state index contributed by atoms with van der Waals surface area (Å²) in [5.74, 6) is 0.0577. The number of aryl methyl sites for hydroxylation is 1. The van der Waals surface area contributed by atoms with E-state index in [4.69, 9.17) is 0 Å². The van der Waals surface area contributed by atoms with Crippen molar-refractivity contribution in [2.24, 2.45) is 0 Å². The number of nitrogens with one attached hydrogen (secondary N) is 1. The van der Waals surface area contributed by atoms with E-state index in [0.717, 1.165) is 32.0 Å². The molecule has 1 amide bonds. The minimum absolute atomic E-state index is 0.0577. The van der Waals surface area contributed by atoms with Crippen molar-refractivity contribution >= 4 is 12.0 Å². The van der Waals surface area contributed by atoms with Crippen LogP contribution in [-0.2, 0) is 4.79 Å². The van der Waals surface area contributed by atoms with Crippen molar-refractivity contribution in [3.8, 4) is 0 Å². The van der Waals surface area contributed by atoms with E-state index >= 15 is 0 Å². The van der Waals surface area contributed by atoms with Gasteiger partial charge in [0.25, 0.3) is 0 Å². The molecule has 1 aliphatic heterocycles. The smallest absolute Gasteiger partial charge is 0.244 e. The Balaban J connectivity index is 1.33. The first-order valence-electron chi connectivity index (χ1n) is 11.0. The molecule has 0 atom stereocenters. The zero-order valence-electron chi connectivity index (χ0n) is 17.0. The first-order valence-corrected chi connectivity index (χ1v) is 11.0. The van der Waals surface area contributed by atoms with E-state index in [0.29, 0.717) is 12.1 Å². The van der Waals surface area contributed by atoms with Gasteiger partial charge in [-0.2, -0.15) is 0 Å². The number of carbonyl (C=O) groups is 1. The largest absolute Gasteiger partial charge is 0.350 e. The van der Waals surface area contributed by atoms with Crippen molar-refractivity contribution in [2.75, 3.05) is 13.1 Å². The van der Waals surface area contributed by atoms with Crippen molar-refractivity contribution in [3.05, 3.63) is 29.1 Å². The molecule has 1 aromatic heterocycles. The Morgan fingerprint density at radius 2 is 1.70 bits per heavy atom. The molecule has 4 nitrogen and oxygen atoms in total. The highest BCUT2D eigenvalue weighted by Gasteiger charge is 2.31. The standard InChI is InChI=1S/C23H35N3O/c1-17-16-19(18(2)26(17)22-6-4-3-5-7-22)8-11-23(27)24-20-12-14-25(15-13-20)21-9-10-21/h8,11,16,20-22H,3-7,9-10,12-15H2,1-2H3,(H,24,27)/b11-8+. The number of hydrogen-bond donors (Lipinski definition) is 1. The molecule has 0 spiro atoms. The maximum Gasteiger partial charge on any atom is 0.244 e. The van der Waals surface area contributed by atoms with Crippen molar-refractivity contribution in [1.82, 2.24) is 14.8 Å². The first-order chi connectivity index (χ1) is 13.1. The van der Waals surface area contributed by atoms with Crippen LogP contribution in [0.4, 0.5) is 0 Å². The number of rotatable bonds is 5. The maximum atomic E-state index is 12.4. The van der Waals surface area contributed by atoms with Gasteiger partial charge in [0.05, 0.1) is 0 Å². The molecule has 4 heteroatoms. The van der Waals surface area contributed by atoms with E-state index in [-0.39, 0.29) is 5.91 Å². The van der Waals surface area contributed by atoms with Gasteiger partial charge in [0, 0.05) is 48.7 Å². The fourth-order valence-electron chi connectivity index (χ4n) is 5.14. The Hall–Kier alpha value is -1.55. The molecule has 4 rings (SSSR count). The van der Waals surface area contributed by atoms with Crippen LogP contribution in [0.2, 0.25) is 0 Å². The van der Waals surface area contributed by atoms with Crippen LogP contribution in [-0.4, -0.2) is 40.5 Å². The number of nitrogens with zero attached hydrogens (tertiary/aromatic N) is 2. The monoisotopic (exact) mass is 369 g/mol. The Bertz CT molecular complexity index is 687. The van der Waals surface area contributed by atoms with Gasteiger partial charge in [-0.25, -0.2) is 0 Å². The van der Waals surface area contributed by atoms with Gasteiger partial charge in [-0.3, -0.25) is 4.79 Å². The lowest BCUT2D eigenvalue weighted by atomic mass is 9.95. The lowest BCUT2D eigenvalue weighted by Gasteiger charge is -2.32. The molecule has 2 heterocycles. The molecule has 148 valence electrons. The third-order valence-corrected chi connectivity index (χ3v) is 6.82. The van der Waals surface area contributed by atoms with Crippen LogP contribution >= 0.6 is 0 Å². The Kier molecular flexibility index (Phi) is 5.72. The Morgan fingerprint density at radius 1 is 1.00 bits per heavy atom. The molecule has 1 aromatic rings. The molecule has 3 fully saturated rings. The number of carbonyl (C=O) groups excluding carboxylic acids is 1. The minimum Gasteiger partial charge on any atom is -0.350 e. The van der Waals surface area contributed by atoms with E-state index in [2.05, 4.69) is 34.7 Å². The van der Waals surface area contributed by atoms with Crippen molar-refractivity contribution in [2.45, 2.75) is 89.8 Å². The maximum absolute atomic E-state index is 12.4. The van der Waals surface area contributed by atoms with E-state index in [1.807, 2.05) is 6.08 Å². The Morgan fingerprint density at radius 3 is 2.37 bits per heavy atom. The van der Waals surface area contributed by atoms with Crippen LogP contribution in [0.25, 0.3) is 6.08 Å². The summed E-state index contributed by atoms with van der Waals surface area (Å²) < 4.78 is 2.50. The summed E-state index contributed by atoms with van der Waals surface area (Å²) in [6.07, 6.45) is 15.3. The van der Waals surface area contributed by atoms with E-state index < -0.39 is 0 Å². The second-order valence-electron chi connectivity index (χ2n) is 8.87. The topological polar surface area (TPSA) is 37.3 Å². The van der Waals surface area contributed by atoms with Crippen molar-refractivity contribution in [3.63, 3.8) is 0 Å². The summed E-state index contributed by atoms with van der Waals surface area (Å²) >= 11 is 0. The van der Waals surface area contributed by atoms with Gasteiger partial charge >= 0.3 is 0 Å². The van der Waals surface area contributed by atoms with Crippen LogP contribution in [0.3, 0.4) is 0 Å². The fourth-order valence-corrected chi connectivity index (χ4v) is 5.14. The highest BCUT2D eigenvalue weighted by Crippen LogP contribution is 2.32. The summed E-state index contributed by atoms with van der Waals surface area (Å²) in [5.41, 5.74) is 3.82. The average molecular weight is 370 g/mol. The number of piperidine rings is 1. The number of amides is 1. The van der Waals surface area contributed by atoms with Gasteiger partial charge in [0.2, 0.25) is 5.91 Å². The van der Waals surface area contributed by atoms with Crippen LogP contribution in [0, 0.1) is 13.8 Å². The molecule has 1 saturated heterocycles. The number of likely N-dealkylation sites (tertiary alicyclic amines) is 1. The second-order valence-corrected chi connectivity index (χ2v) is 8.87. The number of hydrogen-bond acceptors (Lipinski definition) is 2. The van der Waals surface area contributed by atoms with Gasteiger partial charge < -0.3 is 14.8 Å². The normalized spacial score (nSPS) is 23.2. The summed E-state index contributed by atoms with van der Waals surface area (Å²) in [7, 11) is 0. The summed E-state index contributed by atoms with van der Waals surface area (Å²) in [6, 6.07) is 4.07. The van der Waals surface area contributed by atoms with E-state index in [1.54, 1.807) is 6.08 Å². The molecule has 1 N–H and O–H groups in total. The minimum atomic E-state index is 0.0577. The second kappa shape index (κ2) is 8.22. The summed E-state index contributed by atoms with van der Waals surface area (Å²) in [6.45, 7) is 6.68. The van der Waals surface area contributed by atoms with Gasteiger partial charge in [0.1, 0.15) is 0 Å². The average Bonchev–Trinajstić information content (AvgIpc) is 3.48. The van der Waals surface area contributed by atoms with E-state index in [1.165, 1.54) is 61.9 Å². The van der Waals surface area contributed by atoms with Crippen LogP contribution in [0.5, 0.6) is 0 Å². The summed E-state index contributed by atoms with van der Waals surface area (Å²) in [4.78, 5) is 15.0. The predicted octanol–water partition coefficient (Wildman–Crippen LogP) is 4.37. The Labute approximate surface area is 164 Å². The highest BCUT2D eigenvalue weighted by molar-refractivity contribution is 5.92. The SMILES string of the molecule is Cc1cc(/C=C/C(=O)NC2CCN(C3CC3)CC2)c(C)n1C1CCCCC1. The third-order valence-electron chi connectivity index (χ3n) is 6.82.